The normalized spacial score (nSPS) is 12.1. The summed E-state index contributed by atoms with van der Waals surface area (Å²) in [4.78, 5) is 17.2. The van der Waals surface area contributed by atoms with Crippen molar-refractivity contribution in [1.82, 2.24) is 10.3 Å². The van der Waals surface area contributed by atoms with Crippen LogP contribution in [0.1, 0.15) is 54.9 Å². The highest BCUT2D eigenvalue weighted by Gasteiger charge is 2.17. The van der Waals surface area contributed by atoms with Crippen molar-refractivity contribution in [1.29, 1.82) is 0 Å². The second-order valence-electron chi connectivity index (χ2n) is 7.63. The number of nitrogens with zero attached hydrogens (tertiary/aromatic N) is 1. The highest BCUT2D eigenvalue weighted by molar-refractivity contribution is 6.04. The molecule has 2 aromatic rings. The Labute approximate surface area is 168 Å². The number of benzene rings is 1. The van der Waals surface area contributed by atoms with E-state index in [1.165, 1.54) is 0 Å². The molecular formula is C24H29N3O. The number of anilines is 1. The van der Waals surface area contributed by atoms with E-state index in [1.54, 1.807) is 18.5 Å². The Morgan fingerprint density at radius 3 is 2.57 bits per heavy atom. The summed E-state index contributed by atoms with van der Waals surface area (Å²) in [7, 11) is 0. The fraction of sp³-hybridized carbons (Fsp3) is 0.250. The average Bonchev–Trinajstić information content (AvgIpc) is 2.66. The van der Waals surface area contributed by atoms with Crippen LogP contribution in [-0.2, 0) is 5.41 Å². The molecule has 0 bridgehead atoms. The first-order chi connectivity index (χ1) is 13.3. The van der Waals surface area contributed by atoms with Crippen molar-refractivity contribution in [3.05, 3.63) is 90.0 Å². The van der Waals surface area contributed by atoms with Crippen molar-refractivity contribution in [2.24, 2.45) is 0 Å². The fourth-order valence-corrected chi connectivity index (χ4v) is 2.74. The van der Waals surface area contributed by atoms with Gasteiger partial charge in [0.25, 0.3) is 5.91 Å². The number of amides is 1. The molecule has 0 atom stereocenters. The van der Waals surface area contributed by atoms with Gasteiger partial charge >= 0.3 is 0 Å². The van der Waals surface area contributed by atoms with Crippen molar-refractivity contribution in [2.75, 3.05) is 5.32 Å². The minimum absolute atomic E-state index is 0.113. The van der Waals surface area contributed by atoms with Gasteiger partial charge in [0.05, 0.1) is 0 Å². The van der Waals surface area contributed by atoms with Gasteiger partial charge in [-0.2, -0.15) is 0 Å². The lowest BCUT2D eigenvalue weighted by molar-refractivity contribution is 0.102. The van der Waals surface area contributed by atoms with E-state index < -0.39 is 0 Å². The quantitative estimate of drug-likeness (QED) is 0.647. The third-order valence-corrected chi connectivity index (χ3v) is 4.30. The molecule has 1 amide bonds. The summed E-state index contributed by atoms with van der Waals surface area (Å²) in [5, 5.41) is 6.02. The van der Waals surface area contributed by atoms with Crippen LogP contribution in [-0.4, -0.2) is 10.9 Å². The molecule has 0 saturated heterocycles. The largest absolute Gasteiger partial charge is 0.368 e. The molecule has 0 aliphatic carbocycles. The van der Waals surface area contributed by atoms with E-state index in [0.717, 1.165) is 28.1 Å². The molecular weight excluding hydrogens is 346 g/mol. The van der Waals surface area contributed by atoms with Crippen LogP contribution in [0.15, 0.2) is 67.7 Å². The summed E-state index contributed by atoms with van der Waals surface area (Å²) in [6.07, 6.45) is 9.19. The minimum Gasteiger partial charge on any atom is -0.368 e. The second-order valence-corrected chi connectivity index (χ2v) is 7.63. The number of carbonyl (C=O) groups excluding carboxylic acids is 1. The van der Waals surface area contributed by atoms with Gasteiger partial charge in [-0.25, -0.2) is 0 Å². The van der Waals surface area contributed by atoms with Crippen molar-refractivity contribution in [3.63, 3.8) is 0 Å². The first-order valence-corrected chi connectivity index (χ1v) is 9.35. The molecule has 0 spiro atoms. The zero-order valence-electron chi connectivity index (χ0n) is 17.3. The van der Waals surface area contributed by atoms with Crippen molar-refractivity contribution >= 4 is 17.2 Å². The summed E-state index contributed by atoms with van der Waals surface area (Å²) in [6, 6.07) is 9.48. The molecule has 0 fully saturated rings. The highest BCUT2D eigenvalue weighted by Crippen LogP contribution is 2.25. The van der Waals surface area contributed by atoms with Crippen molar-refractivity contribution < 1.29 is 4.79 Å². The SMILES string of the molecule is C=CN/C=C(\C=C/C)c1cc(NC(=O)c2ccnc(C(C)(C)C)c2)ccc1C. The first kappa shape index (κ1) is 21.2. The lowest BCUT2D eigenvalue weighted by atomic mass is 9.91. The van der Waals surface area contributed by atoms with Crippen LogP contribution >= 0.6 is 0 Å². The molecule has 0 aliphatic rings. The molecule has 146 valence electrons. The Bertz CT molecular complexity index is 918. The summed E-state index contributed by atoms with van der Waals surface area (Å²) in [5.41, 5.74) is 5.28. The summed E-state index contributed by atoms with van der Waals surface area (Å²) in [6.45, 7) is 13.9. The third kappa shape index (κ3) is 5.43. The average molecular weight is 376 g/mol. The Morgan fingerprint density at radius 1 is 1.18 bits per heavy atom. The third-order valence-electron chi connectivity index (χ3n) is 4.30. The summed E-state index contributed by atoms with van der Waals surface area (Å²) in [5.74, 6) is -0.150. The molecule has 0 aliphatic heterocycles. The number of hydrogen-bond acceptors (Lipinski definition) is 3. The Hall–Kier alpha value is -3.14. The first-order valence-electron chi connectivity index (χ1n) is 9.35. The van der Waals surface area contributed by atoms with E-state index in [-0.39, 0.29) is 11.3 Å². The van der Waals surface area contributed by atoms with Gasteiger partial charge in [-0.15, -0.1) is 0 Å². The van der Waals surface area contributed by atoms with Gasteiger partial charge in [-0.05, 0) is 61.0 Å². The zero-order chi connectivity index (χ0) is 20.7. The number of hydrogen-bond donors (Lipinski definition) is 2. The van der Waals surface area contributed by atoms with Gasteiger partial charge in [-0.3, -0.25) is 9.78 Å². The predicted octanol–water partition coefficient (Wildman–Crippen LogP) is 5.59. The number of nitrogens with one attached hydrogen (secondary N) is 2. The molecule has 1 aromatic carbocycles. The van der Waals surface area contributed by atoms with Crippen molar-refractivity contribution in [3.8, 4) is 0 Å². The number of aromatic nitrogens is 1. The molecule has 0 saturated carbocycles. The number of allylic oxidation sites excluding steroid dienone is 3. The van der Waals surface area contributed by atoms with E-state index in [0.29, 0.717) is 5.56 Å². The minimum atomic E-state index is -0.150. The van der Waals surface area contributed by atoms with Crippen LogP contribution < -0.4 is 10.6 Å². The number of carbonyl (C=O) groups is 1. The standard InChI is InChI=1S/C24H29N3O/c1-7-9-19(16-25-8-2)21-15-20(11-10-17(21)3)27-23(28)18-12-13-26-22(14-18)24(4,5)6/h7-16,25H,2H2,1,3-6H3,(H,27,28)/b9-7-,19-16+. The molecule has 0 radical (unpaired) electrons. The molecule has 1 heterocycles. The highest BCUT2D eigenvalue weighted by atomic mass is 16.1. The predicted molar refractivity (Wildman–Crippen MR) is 118 cm³/mol. The number of aryl methyl sites for hydroxylation is 1. The maximum absolute atomic E-state index is 12.8. The van der Waals surface area contributed by atoms with Crippen LogP contribution in [0.25, 0.3) is 5.57 Å². The van der Waals surface area contributed by atoms with Crippen LogP contribution in [0.2, 0.25) is 0 Å². The molecule has 1 aromatic heterocycles. The number of pyridine rings is 1. The van der Waals surface area contributed by atoms with E-state index in [9.17, 15) is 4.79 Å². The molecule has 0 unspecified atom stereocenters. The molecule has 2 N–H and O–H groups in total. The maximum atomic E-state index is 12.8. The van der Waals surface area contributed by atoms with Crippen LogP contribution in [0.4, 0.5) is 5.69 Å². The lowest BCUT2D eigenvalue weighted by Crippen LogP contribution is -2.17. The van der Waals surface area contributed by atoms with Gasteiger partial charge in [0.15, 0.2) is 0 Å². The van der Waals surface area contributed by atoms with Crippen LogP contribution in [0.5, 0.6) is 0 Å². The van der Waals surface area contributed by atoms with Gasteiger partial charge < -0.3 is 10.6 Å². The van der Waals surface area contributed by atoms with Gasteiger partial charge in [-0.1, -0.05) is 45.6 Å². The molecule has 4 heteroatoms. The lowest BCUT2D eigenvalue weighted by Gasteiger charge is -2.18. The Kier molecular flexibility index (Phi) is 6.94. The summed E-state index contributed by atoms with van der Waals surface area (Å²) < 4.78 is 0. The van der Waals surface area contributed by atoms with E-state index >= 15 is 0 Å². The Balaban J connectivity index is 2.32. The van der Waals surface area contributed by atoms with Gasteiger partial charge in [0.2, 0.25) is 0 Å². The van der Waals surface area contributed by atoms with Crippen LogP contribution in [0, 0.1) is 6.92 Å². The van der Waals surface area contributed by atoms with Crippen molar-refractivity contribution in [2.45, 2.75) is 40.0 Å². The van der Waals surface area contributed by atoms with Crippen LogP contribution in [0.3, 0.4) is 0 Å². The number of rotatable bonds is 6. The summed E-state index contributed by atoms with van der Waals surface area (Å²) >= 11 is 0. The fourth-order valence-electron chi connectivity index (χ4n) is 2.74. The van der Waals surface area contributed by atoms with Gasteiger partial charge in [0, 0.05) is 34.8 Å². The maximum Gasteiger partial charge on any atom is 0.255 e. The molecule has 2 rings (SSSR count). The Morgan fingerprint density at radius 2 is 1.93 bits per heavy atom. The van der Waals surface area contributed by atoms with Gasteiger partial charge in [0.1, 0.15) is 0 Å². The molecule has 4 nitrogen and oxygen atoms in total. The van der Waals surface area contributed by atoms with E-state index in [1.807, 2.05) is 56.5 Å². The topological polar surface area (TPSA) is 54.0 Å². The van der Waals surface area contributed by atoms with E-state index in [2.05, 4.69) is 43.0 Å². The zero-order valence-corrected chi connectivity index (χ0v) is 17.3. The monoisotopic (exact) mass is 375 g/mol. The van der Waals surface area contributed by atoms with E-state index in [4.69, 9.17) is 0 Å². The smallest absolute Gasteiger partial charge is 0.255 e. The molecule has 28 heavy (non-hydrogen) atoms. The second kappa shape index (κ2) is 9.18.